The van der Waals surface area contributed by atoms with Crippen molar-refractivity contribution in [3.63, 3.8) is 0 Å². The second-order valence-electron chi connectivity index (χ2n) is 6.01. The third-order valence-electron chi connectivity index (χ3n) is 4.44. The van der Waals surface area contributed by atoms with Crippen LogP contribution in [0.3, 0.4) is 0 Å². The predicted octanol–water partition coefficient (Wildman–Crippen LogP) is 4.78. The molecule has 23 heavy (non-hydrogen) atoms. The lowest BCUT2D eigenvalue weighted by molar-refractivity contribution is 0.875. The number of aryl methyl sites for hydroxylation is 2. The summed E-state index contributed by atoms with van der Waals surface area (Å²) in [6, 6.07) is 14.4. The van der Waals surface area contributed by atoms with Crippen LogP contribution in [-0.2, 0) is 6.42 Å². The molecule has 4 heteroatoms. The molecule has 1 aliphatic rings. The number of benzene rings is 2. The van der Waals surface area contributed by atoms with Crippen LogP contribution in [0.4, 0.5) is 5.82 Å². The van der Waals surface area contributed by atoms with Crippen LogP contribution >= 0.6 is 11.6 Å². The monoisotopic (exact) mass is 323 g/mol. The van der Waals surface area contributed by atoms with Crippen LogP contribution in [0.2, 0.25) is 5.02 Å². The molecule has 2 heterocycles. The molecule has 0 radical (unpaired) electrons. The standard InChI is InChI=1S/C19H18ClN3/c1-12-5-3-4-6-15(12)18-16-9-10-21-19(16)23(22-18)17-8-7-14(20)11-13(17)2/h3-8,11,21H,9-10H2,1-2H3. The highest BCUT2D eigenvalue weighted by Crippen LogP contribution is 2.36. The molecule has 0 amide bonds. The summed E-state index contributed by atoms with van der Waals surface area (Å²) in [5.41, 5.74) is 7.02. The fraction of sp³-hybridized carbons (Fsp3) is 0.211. The number of nitrogens with zero attached hydrogens (tertiary/aromatic N) is 2. The highest BCUT2D eigenvalue weighted by molar-refractivity contribution is 6.30. The second kappa shape index (κ2) is 5.43. The first-order chi connectivity index (χ1) is 11.1. The molecule has 0 bridgehead atoms. The van der Waals surface area contributed by atoms with E-state index in [0.717, 1.165) is 40.8 Å². The molecule has 3 aromatic rings. The van der Waals surface area contributed by atoms with Crippen LogP contribution in [0.25, 0.3) is 16.9 Å². The molecule has 1 aliphatic heterocycles. The molecular weight excluding hydrogens is 306 g/mol. The Bertz CT molecular complexity index is 896. The van der Waals surface area contributed by atoms with Crippen LogP contribution in [0.1, 0.15) is 16.7 Å². The van der Waals surface area contributed by atoms with E-state index in [1.807, 2.05) is 22.9 Å². The maximum atomic E-state index is 6.10. The molecule has 0 fully saturated rings. The third kappa shape index (κ3) is 2.32. The molecule has 0 saturated heterocycles. The first kappa shape index (κ1) is 14.3. The van der Waals surface area contributed by atoms with Gasteiger partial charge in [0.1, 0.15) is 5.82 Å². The van der Waals surface area contributed by atoms with Gasteiger partial charge in [0.05, 0.1) is 11.4 Å². The number of nitrogens with one attached hydrogen (secondary N) is 1. The Morgan fingerprint density at radius 2 is 1.91 bits per heavy atom. The third-order valence-corrected chi connectivity index (χ3v) is 4.67. The smallest absolute Gasteiger partial charge is 0.133 e. The molecule has 0 aliphatic carbocycles. The lowest BCUT2D eigenvalue weighted by atomic mass is 10.0. The van der Waals surface area contributed by atoms with Crippen molar-refractivity contribution in [1.82, 2.24) is 9.78 Å². The zero-order valence-corrected chi connectivity index (χ0v) is 14.0. The fourth-order valence-corrected chi connectivity index (χ4v) is 3.49. The maximum absolute atomic E-state index is 6.10. The van der Waals surface area contributed by atoms with Gasteiger partial charge in [0, 0.05) is 22.7 Å². The van der Waals surface area contributed by atoms with Gasteiger partial charge in [0.15, 0.2) is 0 Å². The number of rotatable bonds is 2. The minimum atomic E-state index is 0.752. The summed E-state index contributed by atoms with van der Waals surface area (Å²) in [5, 5.41) is 9.17. The molecule has 1 N–H and O–H groups in total. The van der Waals surface area contributed by atoms with Crippen LogP contribution < -0.4 is 5.32 Å². The summed E-state index contributed by atoms with van der Waals surface area (Å²) in [6.45, 7) is 5.16. The molecular formula is C19H18ClN3. The van der Waals surface area contributed by atoms with E-state index >= 15 is 0 Å². The normalized spacial score (nSPS) is 13.0. The minimum Gasteiger partial charge on any atom is -0.369 e. The van der Waals surface area contributed by atoms with Gasteiger partial charge in [-0.3, -0.25) is 0 Å². The van der Waals surface area contributed by atoms with E-state index in [1.54, 1.807) is 0 Å². The Balaban J connectivity index is 1.94. The molecule has 116 valence electrons. The van der Waals surface area contributed by atoms with E-state index in [4.69, 9.17) is 16.7 Å². The number of halogens is 1. The highest BCUT2D eigenvalue weighted by Gasteiger charge is 2.25. The van der Waals surface area contributed by atoms with Crippen LogP contribution in [0, 0.1) is 13.8 Å². The minimum absolute atomic E-state index is 0.752. The quantitative estimate of drug-likeness (QED) is 0.735. The van der Waals surface area contributed by atoms with E-state index in [1.165, 1.54) is 16.7 Å². The van der Waals surface area contributed by atoms with Gasteiger partial charge in [-0.25, -0.2) is 4.68 Å². The molecule has 0 saturated carbocycles. The zero-order chi connectivity index (χ0) is 16.0. The molecule has 1 aromatic heterocycles. The molecule has 0 atom stereocenters. The summed E-state index contributed by atoms with van der Waals surface area (Å²) >= 11 is 6.10. The van der Waals surface area contributed by atoms with Crippen LogP contribution in [-0.4, -0.2) is 16.3 Å². The van der Waals surface area contributed by atoms with Crippen molar-refractivity contribution >= 4 is 17.4 Å². The molecule has 0 unspecified atom stereocenters. The summed E-state index contributed by atoms with van der Waals surface area (Å²) < 4.78 is 2.02. The van der Waals surface area contributed by atoms with Gasteiger partial charge >= 0.3 is 0 Å². The number of fused-ring (bicyclic) bond motifs is 1. The van der Waals surface area contributed by atoms with Gasteiger partial charge < -0.3 is 5.32 Å². The Hall–Kier alpha value is -2.26. The van der Waals surface area contributed by atoms with E-state index < -0.39 is 0 Å². The molecule has 3 nitrogen and oxygen atoms in total. The lowest BCUT2D eigenvalue weighted by Crippen LogP contribution is -2.05. The maximum Gasteiger partial charge on any atom is 0.133 e. The van der Waals surface area contributed by atoms with Gasteiger partial charge in [0.2, 0.25) is 0 Å². The van der Waals surface area contributed by atoms with Gasteiger partial charge in [-0.2, -0.15) is 5.10 Å². The van der Waals surface area contributed by atoms with Gasteiger partial charge in [-0.05, 0) is 49.6 Å². The topological polar surface area (TPSA) is 29.9 Å². The van der Waals surface area contributed by atoms with Crippen molar-refractivity contribution in [1.29, 1.82) is 0 Å². The summed E-state index contributed by atoms with van der Waals surface area (Å²) in [6.07, 6.45) is 1.01. The summed E-state index contributed by atoms with van der Waals surface area (Å²) in [4.78, 5) is 0. The van der Waals surface area contributed by atoms with Crippen molar-refractivity contribution in [2.75, 3.05) is 11.9 Å². The number of hydrogen-bond acceptors (Lipinski definition) is 2. The van der Waals surface area contributed by atoms with Crippen molar-refractivity contribution in [2.45, 2.75) is 20.3 Å². The Kier molecular flexibility index (Phi) is 3.38. The molecule has 0 spiro atoms. The zero-order valence-electron chi connectivity index (χ0n) is 13.2. The van der Waals surface area contributed by atoms with Crippen molar-refractivity contribution in [3.05, 3.63) is 64.2 Å². The van der Waals surface area contributed by atoms with Gasteiger partial charge in [0.25, 0.3) is 0 Å². The van der Waals surface area contributed by atoms with Crippen LogP contribution in [0.5, 0.6) is 0 Å². The average Bonchev–Trinajstić information content (AvgIpc) is 3.11. The first-order valence-corrected chi connectivity index (χ1v) is 8.21. The molecule has 4 rings (SSSR count). The van der Waals surface area contributed by atoms with E-state index in [9.17, 15) is 0 Å². The summed E-state index contributed by atoms with van der Waals surface area (Å²) in [7, 11) is 0. The summed E-state index contributed by atoms with van der Waals surface area (Å²) in [5.74, 6) is 1.11. The van der Waals surface area contributed by atoms with Crippen LogP contribution in [0.15, 0.2) is 42.5 Å². The van der Waals surface area contributed by atoms with E-state index in [0.29, 0.717) is 0 Å². The van der Waals surface area contributed by atoms with Crippen molar-refractivity contribution in [3.8, 4) is 16.9 Å². The molecule has 2 aromatic carbocycles. The number of aromatic nitrogens is 2. The van der Waals surface area contributed by atoms with Crippen molar-refractivity contribution < 1.29 is 0 Å². The number of hydrogen-bond donors (Lipinski definition) is 1. The average molecular weight is 324 g/mol. The Morgan fingerprint density at radius 3 is 2.70 bits per heavy atom. The van der Waals surface area contributed by atoms with Gasteiger partial charge in [-0.15, -0.1) is 0 Å². The Labute approximate surface area is 140 Å². The van der Waals surface area contributed by atoms with E-state index in [2.05, 4.69) is 43.4 Å². The van der Waals surface area contributed by atoms with Crippen molar-refractivity contribution in [2.24, 2.45) is 0 Å². The van der Waals surface area contributed by atoms with Gasteiger partial charge in [-0.1, -0.05) is 35.9 Å². The lowest BCUT2D eigenvalue weighted by Gasteiger charge is -2.10. The second-order valence-corrected chi connectivity index (χ2v) is 6.45. The first-order valence-electron chi connectivity index (χ1n) is 7.83. The highest BCUT2D eigenvalue weighted by atomic mass is 35.5. The van der Waals surface area contributed by atoms with E-state index in [-0.39, 0.29) is 0 Å². The largest absolute Gasteiger partial charge is 0.369 e. The predicted molar refractivity (Wildman–Crippen MR) is 95.7 cm³/mol. The SMILES string of the molecule is Cc1ccccc1-c1nn(-c2ccc(Cl)cc2C)c2c1CCN2. The number of anilines is 1. The fourth-order valence-electron chi connectivity index (χ4n) is 3.26. The Morgan fingerprint density at radius 1 is 1.09 bits per heavy atom.